The van der Waals surface area contributed by atoms with Gasteiger partial charge in [0, 0.05) is 5.56 Å². The van der Waals surface area contributed by atoms with Crippen molar-refractivity contribution in [2.45, 2.75) is 58.6 Å². The molecule has 7 nitrogen and oxygen atoms in total. The van der Waals surface area contributed by atoms with E-state index >= 15 is 0 Å². The molecule has 0 bridgehead atoms. The molecule has 0 fully saturated rings. The maximum Gasteiger partial charge on any atom is 0.339 e. The van der Waals surface area contributed by atoms with E-state index in [4.69, 9.17) is 14.3 Å². The monoisotopic (exact) mass is 373 g/mol. The number of carbonyl (C=O) groups is 2. The quantitative estimate of drug-likeness (QED) is 0.779. The average Bonchev–Trinajstić information content (AvgIpc) is 2.61. The third-order valence-electron chi connectivity index (χ3n) is 4.83. The third-order valence-corrected chi connectivity index (χ3v) is 4.83. The summed E-state index contributed by atoms with van der Waals surface area (Å²) in [6.07, 6.45) is 2.45. The SMILES string of the molecule is Cc1cc(O[C@H](C)C(=O)N[C@@H](C)C(=O)O)c2c3c(c(=O)oc2c1)CCCC3. The zero-order chi connectivity index (χ0) is 19.7. The molecule has 144 valence electrons. The van der Waals surface area contributed by atoms with Crippen molar-refractivity contribution in [2.24, 2.45) is 0 Å². The molecule has 1 aliphatic rings. The van der Waals surface area contributed by atoms with Crippen LogP contribution in [0, 0.1) is 6.92 Å². The first-order chi connectivity index (χ1) is 12.8. The Labute approximate surface area is 156 Å². The van der Waals surface area contributed by atoms with Crippen molar-refractivity contribution in [3.63, 3.8) is 0 Å². The van der Waals surface area contributed by atoms with Crippen molar-refractivity contribution in [3.05, 3.63) is 39.2 Å². The maximum atomic E-state index is 12.3. The van der Waals surface area contributed by atoms with Crippen LogP contribution < -0.4 is 15.7 Å². The van der Waals surface area contributed by atoms with Crippen LogP contribution in [0.1, 0.15) is 43.4 Å². The van der Waals surface area contributed by atoms with Crippen LogP contribution in [0.3, 0.4) is 0 Å². The molecule has 2 atom stereocenters. The van der Waals surface area contributed by atoms with Crippen LogP contribution in [0.25, 0.3) is 11.0 Å². The second kappa shape index (κ2) is 7.42. The van der Waals surface area contributed by atoms with E-state index in [0.29, 0.717) is 23.3 Å². The molecule has 7 heteroatoms. The van der Waals surface area contributed by atoms with Gasteiger partial charge in [-0.1, -0.05) is 0 Å². The van der Waals surface area contributed by atoms with Crippen LogP contribution in [-0.2, 0) is 22.4 Å². The van der Waals surface area contributed by atoms with Gasteiger partial charge in [-0.15, -0.1) is 0 Å². The molecule has 0 saturated carbocycles. The van der Waals surface area contributed by atoms with E-state index in [-0.39, 0.29) is 5.63 Å². The number of carbonyl (C=O) groups excluding carboxylic acids is 1. The molecular weight excluding hydrogens is 350 g/mol. The summed E-state index contributed by atoms with van der Waals surface area (Å²) >= 11 is 0. The van der Waals surface area contributed by atoms with Crippen molar-refractivity contribution in [3.8, 4) is 5.75 Å². The molecule has 2 aromatic rings. The van der Waals surface area contributed by atoms with Gasteiger partial charge in [-0.25, -0.2) is 4.79 Å². The summed E-state index contributed by atoms with van der Waals surface area (Å²) in [6.45, 7) is 4.80. The van der Waals surface area contributed by atoms with Crippen LogP contribution in [0.15, 0.2) is 21.3 Å². The summed E-state index contributed by atoms with van der Waals surface area (Å²) < 4.78 is 11.4. The standard InChI is InChI=1S/C20H23NO6/c1-10-8-15(26-12(3)18(22)21-11(2)19(23)24)17-13-6-4-5-7-14(13)20(25)27-16(17)9-10/h8-9,11-12H,4-7H2,1-3H3,(H,21,22)(H,23,24)/t11-,12+/m0/s1. The largest absolute Gasteiger partial charge is 0.480 e. The van der Waals surface area contributed by atoms with Crippen LogP contribution in [0.5, 0.6) is 5.75 Å². The number of hydrogen-bond donors (Lipinski definition) is 2. The van der Waals surface area contributed by atoms with Crippen molar-refractivity contribution in [1.29, 1.82) is 0 Å². The first-order valence-corrected chi connectivity index (χ1v) is 9.07. The summed E-state index contributed by atoms with van der Waals surface area (Å²) in [7, 11) is 0. The molecule has 0 spiro atoms. The fraction of sp³-hybridized carbons (Fsp3) is 0.450. The molecule has 3 rings (SSSR count). The lowest BCUT2D eigenvalue weighted by Crippen LogP contribution is -2.44. The maximum absolute atomic E-state index is 12.3. The Kier molecular flexibility index (Phi) is 5.21. The second-order valence-electron chi connectivity index (χ2n) is 7.02. The molecular formula is C20H23NO6. The van der Waals surface area contributed by atoms with Crippen molar-refractivity contribution < 1.29 is 23.8 Å². The van der Waals surface area contributed by atoms with Gasteiger partial charge in [-0.05, 0) is 69.7 Å². The Morgan fingerprint density at radius 1 is 1.19 bits per heavy atom. The lowest BCUT2D eigenvalue weighted by atomic mass is 9.90. The van der Waals surface area contributed by atoms with Gasteiger partial charge < -0.3 is 19.6 Å². The van der Waals surface area contributed by atoms with Crippen molar-refractivity contribution in [1.82, 2.24) is 5.32 Å². The first-order valence-electron chi connectivity index (χ1n) is 9.07. The van der Waals surface area contributed by atoms with Crippen LogP contribution in [0.4, 0.5) is 0 Å². The molecule has 2 N–H and O–H groups in total. The molecule has 0 saturated heterocycles. The van der Waals surface area contributed by atoms with E-state index in [2.05, 4.69) is 5.32 Å². The number of hydrogen-bond acceptors (Lipinski definition) is 5. The number of amides is 1. The van der Waals surface area contributed by atoms with E-state index in [9.17, 15) is 14.4 Å². The summed E-state index contributed by atoms with van der Waals surface area (Å²) in [5.74, 6) is -1.17. The minimum absolute atomic E-state index is 0.310. The Morgan fingerprint density at radius 2 is 1.85 bits per heavy atom. The van der Waals surface area contributed by atoms with Gasteiger partial charge in [0.15, 0.2) is 6.10 Å². The Bertz CT molecular complexity index is 961. The molecule has 1 amide bonds. The zero-order valence-corrected chi connectivity index (χ0v) is 15.6. The highest BCUT2D eigenvalue weighted by Gasteiger charge is 2.24. The first kappa shape index (κ1) is 18.9. The predicted molar refractivity (Wildman–Crippen MR) is 99.2 cm³/mol. The molecule has 0 radical (unpaired) electrons. The number of ether oxygens (including phenoxy) is 1. The number of fused-ring (bicyclic) bond motifs is 3. The van der Waals surface area contributed by atoms with Crippen LogP contribution >= 0.6 is 0 Å². The highest BCUT2D eigenvalue weighted by Crippen LogP contribution is 2.35. The van der Waals surface area contributed by atoms with E-state index in [1.807, 2.05) is 13.0 Å². The van der Waals surface area contributed by atoms with E-state index in [0.717, 1.165) is 35.8 Å². The lowest BCUT2D eigenvalue weighted by Gasteiger charge is -2.21. The van der Waals surface area contributed by atoms with Crippen molar-refractivity contribution in [2.75, 3.05) is 0 Å². The van der Waals surface area contributed by atoms with E-state index in [1.54, 1.807) is 13.0 Å². The van der Waals surface area contributed by atoms with Gasteiger partial charge in [-0.3, -0.25) is 9.59 Å². The molecule has 1 aromatic heterocycles. The number of aryl methyl sites for hydroxylation is 2. The number of carboxylic acid groups (broad SMARTS) is 1. The minimum atomic E-state index is -1.12. The van der Waals surface area contributed by atoms with Gasteiger partial charge in [0.2, 0.25) is 0 Å². The Hall–Kier alpha value is -2.83. The number of carboxylic acids is 1. The van der Waals surface area contributed by atoms with E-state index < -0.39 is 24.0 Å². The third kappa shape index (κ3) is 3.82. The van der Waals surface area contributed by atoms with Crippen LogP contribution in [0.2, 0.25) is 0 Å². The molecule has 1 aromatic carbocycles. The highest BCUT2D eigenvalue weighted by atomic mass is 16.5. The zero-order valence-electron chi connectivity index (χ0n) is 15.6. The fourth-order valence-corrected chi connectivity index (χ4v) is 3.40. The van der Waals surface area contributed by atoms with Gasteiger partial charge >= 0.3 is 11.6 Å². The van der Waals surface area contributed by atoms with E-state index in [1.165, 1.54) is 6.92 Å². The Morgan fingerprint density at radius 3 is 2.52 bits per heavy atom. The average molecular weight is 373 g/mol. The summed E-state index contributed by atoms with van der Waals surface area (Å²) in [5, 5.41) is 12.1. The van der Waals surface area contributed by atoms with Gasteiger partial charge in [0.1, 0.15) is 17.4 Å². The molecule has 1 aliphatic carbocycles. The lowest BCUT2D eigenvalue weighted by molar-refractivity contribution is -0.142. The summed E-state index contributed by atoms with van der Waals surface area (Å²) in [6, 6.07) is 2.58. The fourth-order valence-electron chi connectivity index (χ4n) is 3.40. The predicted octanol–water partition coefficient (Wildman–Crippen LogP) is 2.34. The normalized spacial score (nSPS) is 15.7. The number of benzene rings is 1. The molecule has 27 heavy (non-hydrogen) atoms. The number of nitrogens with one attached hydrogen (secondary N) is 1. The minimum Gasteiger partial charge on any atom is -0.480 e. The van der Waals surface area contributed by atoms with Crippen LogP contribution in [-0.4, -0.2) is 29.1 Å². The van der Waals surface area contributed by atoms with Gasteiger partial charge in [-0.2, -0.15) is 0 Å². The van der Waals surface area contributed by atoms with Gasteiger partial charge in [0.25, 0.3) is 5.91 Å². The van der Waals surface area contributed by atoms with Crippen molar-refractivity contribution >= 4 is 22.8 Å². The van der Waals surface area contributed by atoms with Gasteiger partial charge in [0.05, 0.1) is 5.39 Å². The number of aliphatic carboxylic acids is 1. The second-order valence-corrected chi connectivity index (χ2v) is 7.02. The number of rotatable bonds is 5. The molecule has 0 unspecified atom stereocenters. The summed E-state index contributed by atoms with van der Waals surface area (Å²) in [4.78, 5) is 35.5. The molecule has 1 heterocycles. The Balaban J connectivity index is 2.00. The summed E-state index contributed by atoms with van der Waals surface area (Å²) in [5.41, 5.74) is 2.58. The highest BCUT2D eigenvalue weighted by molar-refractivity contribution is 5.90. The smallest absolute Gasteiger partial charge is 0.339 e. The topological polar surface area (TPSA) is 106 Å². The molecule has 0 aliphatic heterocycles.